The van der Waals surface area contributed by atoms with Gasteiger partial charge in [0, 0.05) is 0 Å². The molecule has 2 aromatic carbocycles. The number of rotatable bonds is 4. The van der Waals surface area contributed by atoms with Crippen LogP contribution in [-0.2, 0) is 9.59 Å². The number of carbonyl (C=O) groups is 3. The molecule has 2 aromatic rings. The number of amides is 2. The molecule has 28 heavy (non-hydrogen) atoms. The molecular formula is C19H13IN2O5S. The highest BCUT2D eigenvalue weighted by Gasteiger charge is 2.34. The molecule has 0 unspecified atom stereocenters. The van der Waals surface area contributed by atoms with Gasteiger partial charge in [0.2, 0.25) is 0 Å². The third kappa shape index (κ3) is 3.90. The molecule has 9 heteroatoms. The zero-order chi connectivity index (χ0) is 20.4. The van der Waals surface area contributed by atoms with E-state index in [9.17, 15) is 14.4 Å². The van der Waals surface area contributed by atoms with Crippen LogP contribution in [0.25, 0.3) is 6.08 Å². The Bertz CT molecular complexity index is 1030. The standard InChI is InChI=1S/C19H13IN2O5S/c1-27-15-7-2-10(9-14(15)20)8-13-16(23)21-19(28)22(17(13)24)12-5-3-11(4-6-12)18(25)26/h2-9H,1H3,(H,25,26)(H,21,23,28)/b13-8+. The van der Waals surface area contributed by atoms with Crippen LogP contribution in [0.5, 0.6) is 5.75 Å². The summed E-state index contributed by atoms with van der Waals surface area (Å²) in [5, 5.41) is 11.4. The van der Waals surface area contributed by atoms with E-state index < -0.39 is 17.8 Å². The average Bonchev–Trinajstić information content (AvgIpc) is 2.65. The number of nitrogens with one attached hydrogen (secondary N) is 1. The summed E-state index contributed by atoms with van der Waals surface area (Å²) in [5.74, 6) is -1.59. The highest BCUT2D eigenvalue weighted by Crippen LogP contribution is 2.25. The summed E-state index contributed by atoms with van der Waals surface area (Å²) in [6.45, 7) is 0. The van der Waals surface area contributed by atoms with Gasteiger partial charge in [-0.25, -0.2) is 4.79 Å². The second-order valence-corrected chi connectivity index (χ2v) is 7.25. The maximum atomic E-state index is 12.9. The minimum atomic E-state index is -1.08. The molecule has 0 radical (unpaired) electrons. The summed E-state index contributed by atoms with van der Waals surface area (Å²) >= 11 is 7.23. The van der Waals surface area contributed by atoms with Crippen molar-refractivity contribution in [2.75, 3.05) is 12.0 Å². The number of benzene rings is 2. The average molecular weight is 508 g/mol. The number of hydrogen-bond donors (Lipinski definition) is 2. The Morgan fingerprint density at radius 1 is 1.21 bits per heavy atom. The van der Waals surface area contributed by atoms with E-state index in [4.69, 9.17) is 22.1 Å². The van der Waals surface area contributed by atoms with Crippen molar-refractivity contribution in [1.82, 2.24) is 5.32 Å². The van der Waals surface area contributed by atoms with Crippen molar-refractivity contribution in [3.05, 3.63) is 62.7 Å². The lowest BCUT2D eigenvalue weighted by Crippen LogP contribution is -2.54. The lowest BCUT2D eigenvalue weighted by Gasteiger charge is -2.29. The first-order valence-corrected chi connectivity index (χ1v) is 9.39. The number of methoxy groups -OCH3 is 1. The summed E-state index contributed by atoms with van der Waals surface area (Å²) < 4.78 is 6.03. The van der Waals surface area contributed by atoms with Crippen LogP contribution in [-0.4, -0.2) is 35.1 Å². The van der Waals surface area contributed by atoms with Crippen molar-refractivity contribution < 1.29 is 24.2 Å². The fourth-order valence-electron chi connectivity index (χ4n) is 2.58. The van der Waals surface area contributed by atoms with Crippen LogP contribution in [0.2, 0.25) is 0 Å². The fraction of sp³-hybridized carbons (Fsp3) is 0.0526. The summed E-state index contributed by atoms with van der Waals surface area (Å²) in [5.41, 5.74) is 0.997. The van der Waals surface area contributed by atoms with Crippen LogP contribution in [0.1, 0.15) is 15.9 Å². The van der Waals surface area contributed by atoms with E-state index in [1.54, 1.807) is 25.3 Å². The molecule has 1 aliphatic rings. The predicted molar refractivity (Wildman–Crippen MR) is 115 cm³/mol. The van der Waals surface area contributed by atoms with E-state index in [0.29, 0.717) is 17.0 Å². The van der Waals surface area contributed by atoms with E-state index >= 15 is 0 Å². The van der Waals surface area contributed by atoms with Gasteiger partial charge in [0.05, 0.1) is 21.9 Å². The molecule has 1 heterocycles. The number of carboxylic acids is 1. The van der Waals surface area contributed by atoms with Crippen molar-refractivity contribution in [3.63, 3.8) is 0 Å². The highest BCUT2D eigenvalue weighted by atomic mass is 127. The van der Waals surface area contributed by atoms with Crippen molar-refractivity contribution in [2.45, 2.75) is 0 Å². The van der Waals surface area contributed by atoms with Crippen molar-refractivity contribution in [2.24, 2.45) is 0 Å². The molecule has 1 fully saturated rings. The minimum Gasteiger partial charge on any atom is -0.496 e. The fourth-order valence-corrected chi connectivity index (χ4v) is 3.62. The summed E-state index contributed by atoms with van der Waals surface area (Å²) in [6, 6.07) is 10.9. The molecule has 2 amide bonds. The quantitative estimate of drug-likeness (QED) is 0.286. The van der Waals surface area contributed by atoms with Gasteiger partial charge in [0.1, 0.15) is 11.3 Å². The van der Waals surface area contributed by atoms with Gasteiger partial charge in [-0.1, -0.05) is 6.07 Å². The first-order chi connectivity index (χ1) is 13.3. The van der Waals surface area contributed by atoms with Crippen LogP contribution in [0.15, 0.2) is 48.0 Å². The van der Waals surface area contributed by atoms with Crippen molar-refractivity contribution in [1.29, 1.82) is 0 Å². The Morgan fingerprint density at radius 3 is 2.46 bits per heavy atom. The van der Waals surface area contributed by atoms with Gasteiger partial charge in [-0.05, 0) is 82.8 Å². The Labute approximate surface area is 179 Å². The maximum Gasteiger partial charge on any atom is 0.335 e. The lowest BCUT2D eigenvalue weighted by atomic mass is 10.1. The predicted octanol–water partition coefficient (Wildman–Crippen LogP) is 2.83. The minimum absolute atomic E-state index is 0.0699. The molecule has 1 aliphatic heterocycles. The molecule has 0 aliphatic carbocycles. The van der Waals surface area contributed by atoms with E-state index in [2.05, 4.69) is 27.9 Å². The normalized spacial score (nSPS) is 15.6. The second kappa shape index (κ2) is 8.07. The number of anilines is 1. The van der Waals surface area contributed by atoms with Gasteiger partial charge in [-0.15, -0.1) is 0 Å². The largest absolute Gasteiger partial charge is 0.496 e. The van der Waals surface area contributed by atoms with E-state index in [1.165, 1.54) is 30.3 Å². The molecule has 0 saturated carbocycles. The monoisotopic (exact) mass is 508 g/mol. The third-order valence-electron chi connectivity index (χ3n) is 3.96. The molecule has 1 saturated heterocycles. The van der Waals surface area contributed by atoms with Gasteiger partial charge < -0.3 is 9.84 Å². The zero-order valence-corrected chi connectivity index (χ0v) is 17.4. The SMILES string of the molecule is COc1ccc(/C=C2\C(=O)NC(=S)N(c3ccc(C(=O)O)cc3)C2=O)cc1I. The van der Waals surface area contributed by atoms with Crippen LogP contribution in [0.4, 0.5) is 5.69 Å². The Hall–Kier alpha value is -2.79. The lowest BCUT2D eigenvalue weighted by molar-refractivity contribution is -0.122. The third-order valence-corrected chi connectivity index (χ3v) is 5.09. The van der Waals surface area contributed by atoms with Gasteiger partial charge >= 0.3 is 5.97 Å². The number of carboxylic acid groups (broad SMARTS) is 1. The first-order valence-electron chi connectivity index (χ1n) is 7.90. The van der Waals surface area contributed by atoms with Gasteiger partial charge in [-0.3, -0.25) is 19.8 Å². The molecule has 0 spiro atoms. The van der Waals surface area contributed by atoms with Gasteiger partial charge in [0.25, 0.3) is 11.8 Å². The van der Waals surface area contributed by atoms with Crippen LogP contribution in [0.3, 0.4) is 0 Å². The molecule has 7 nitrogen and oxygen atoms in total. The van der Waals surface area contributed by atoms with Crippen LogP contribution >= 0.6 is 34.8 Å². The number of aromatic carboxylic acids is 1. The molecule has 0 bridgehead atoms. The summed E-state index contributed by atoms with van der Waals surface area (Å²) in [4.78, 5) is 37.4. The number of carbonyl (C=O) groups excluding carboxylic acids is 2. The number of nitrogens with zero attached hydrogens (tertiary/aromatic N) is 1. The Kier molecular flexibility index (Phi) is 5.75. The molecule has 142 valence electrons. The van der Waals surface area contributed by atoms with Crippen LogP contribution in [0, 0.1) is 3.57 Å². The second-order valence-electron chi connectivity index (χ2n) is 5.70. The zero-order valence-electron chi connectivity index (χ0n) is 14.4. The molecule has 3 rings (SSSR count). The van der Waals surface area contributed by atoms with E-state index in [-0.39, 0.29) is 16.2 Å². The summed E-state index contributed by atoms with van der Waals surface area (Å²) in [7, 11) is 1.56. The number of hydrogen-bond acceptors (Lipinski definition) is 5. The van der Waals surface area contributed by atoms with Gasteiger partial charge in [0.15, 0.2) is 5.11 Å². The van der Waals surface area contributed by atoms with Gasteiger partial charge in [-0.2, -0.15) is 0 Å². The smallest absolute Gasteiger partial charge is 0.335 e. The number of ether oxygens (including phenoxy) is 1. The van der Waals surface area contributed by atoms with Crippen molar-refractivity contribution >= 4 is 69.5 Å². The molecule has 0 aromatic heterocycles. The summed E-state index contributed by atoms with van der Waals surface area (Å²) in [6.07, 6.45) is 1.47. The highest BCUT2D eigenvalue weighted by molar-refractivity contribution is 14.1. The van der Waals surface area contributed by atoms with E-state index in [0.717, 1.165) is 8.47 Å². The topological polar surface area (TPSA) is 95.9 Å². The van der Waals surface area contributed by atoms with Crippen LogP contribution < -0.4 is 15.0 Å². The van der Waals surface area contributed by atoms with Crippen molar-refractivity contribution in [3.8, 4) is 5.75 Å². The Balaban J connectivity index is 1.98. The van der Waals surface area contributed by atoms with E-state index in [1.807, 2.05) is 0 Å². The first kappa shape index (κ1) is 20.0. The molecule has 0 atom stereocenters. The number of thiocarbonyl (C=S) groups is 1. The maximum absolute atomic E-state index is 12.9. The number of halogens is 1. The molecule has 2 N–H and O–H groups in total. The molecular weight excluding hydrogens is 495 g/mol. The Morgan fingerprint density at radius 2 is 1.89 bits per heavy atom.